The van der Waals surface area contributed by atoms with Crippen LogP contribution in [-0.2, 0) is 4.79 Å². The molecule has 1 atom stereocenters. The average molecular weight is 373 g/mol. The van der Waals surface area contributed by atoms with Crippen LogP contribution in [0.4, 0.5) is 4.39 Å². The van der Waals surface area contributed by atoms with Crippen LogP contribution in [0.2, 0.25) is 0 Å². The van der Waals surface area contributed by atoms with E-state index in [1.165, 1.54) is 23.5 Å². The van der Waals surface area contributed by atoms with Gasteiger partial charge in [-0.05, 0) is 56.0 Å². The molecule has 1 aliphatic rings. The van der Waals surface area contributed by atoms with Gasteiger partial charge in [-0.1, -0.05) is 0 Å². The molecule has 2 aromatic heterocycles. The van der Waals surface area contributed by atoms with Crippen LogP contribution < -0.4 is 5.32 Å². The van der Waals surface area contributed by atoms with Crippen molar-refractivity contribution in [1.29, 1.82) is 0 Å². The Morgan fingerprint density at radius 2 is 2.04 bits per heavy atom. The number of carbonyl (C=O) groups is 2. The average Bonchev–Trinajstić information content (AvgIpc) is 3.26. The number of aryl methyl sites for hydroxylation is 1. The molecular weight excluding hydrogens is 357 g/mol. The number of halogens is 1. The molecule has 6 nitrogen and oxygen atoms in total. The van der Waals surface area contributed by atoms with Gasteiger partial charge in [0.25, 0.3) is 5.91 Å². The Bertz CT molecular complexity index is 1000. The van der Waals surface area contributed by atoms with E-state index in [0.717, 1.165) is 28.8 Å². The molecule has 134 valence electrons. The first-order valence-electron chi connectivity index (χ1n) is 8.23. The van der Waals surface area contributed by atoms with Crippen molar-refractivity contribution in [1.82, 2.24) is 15.1 Å². The van der Waals surface area contributed by atoms with Crippen molar-refractivity contribution < 1.29 is 19.1 Å². The van der Waals surface area contributed by atoms with Crippen molar-refractivity contribution in [3.05, 3.63) is 46.7 Å². The molecule has 4 rings (SSSR count). The molecule has 1 unspecified atom stereocenters. The van der Waals surface area contributed by atoms with E-state index in [2.05, 4.69) is 10.4 Å². The molecule has 0 spiro atoms. The number of carboxylic acids is 1. The Hall–Kier alpha value is -2.74. The van der Waals surface area contributed by atoms with Gasteiger partial charge in [0.15, 0.2) is 0 Å². The van der Waals surface area contributed by atoms with E-state index >= 15 is 0 Å². The standard InChI is InChI=1S/C18H16FN3O3S/c1-9-13-8-14(16(23)20-15(18(24)25)10-2-3-10)26-17(13)22(21-9)12-6-4-11(19)5-7-12/h4-8,10,15H,2-3H2,1H3,(H,20,23)(H,24,25). The van der Waals surface area contributed by atoms with Crippen LogP contribution in [0.15, 0.2) is 30.3 Å². The van der Waals surface area contributed by atoms with Crippen molar-refractivity contribution in [3.63, 3.8) is 0 Å². The van der Waals surface area contributed by atoms with Gasteiger partial charge in [0.1, 0.15) is 16.7 Å². The second-order valence-electron chi connectivity index (χ2n) is 6.43. The van der Waals surface area contributed by atoms with E-state index in [1.54, 1.807) is 22.9 Å². The Morgan fingerprint density at radius 3 is 2.65 bits per heavy atom. The molecule has 3 aromatic rings. The Kier molecular flexibility index (Phi) is 3.99. The molecule has 0 radical (unpaired) electrons. The first-order chi connectivity index (χ1) is 12.4. The molecule has 0 aliphatic heterocycles. The van der Waals surface area contributed by atoms with Gasteiger partial charge in [-0.2, -0.15) is 5.10 Å². The number of hydrogen-bond donors (Lipinski definition) is 2. The van der Waals surface area contributed by atoms with Crippen LogP contribution in [0.3, 0.4) is 0 Å². The number of aliphatic carboxylic acids is 1. The lowest BCUT2D eigenvalue weighted by Crippen LogP contribution is -2.42. The quantitative estimate of drug-likeness (QED) is 0.720. The monoisotopic (exact) mass is 373 g/mol. The van der Waals surface area contributed by atoms with E-state index in [9.17, 15) is 19.1 Å². The van der Waals surface area contributed by atoms with Gasteiger partial charge in [-0.25, -0.2) is 13.9 Å². The van der Waals surface area contributed by atoms with Crippen molar-refractivity contribution >= 4 is 33.4 Å². The molecule has 1 aliphatic carbocycles. The third kappa shape index (κ3) is 2.96. The summed E-state index contributed by atoms with van der Waals surface area (Å²) in [5.74, 6) is -1.71. The van der Waals surface area contributed by atoms with E-state index in [1.807, 2.05) is 6.92 Å². The number of nitrogens with zero attached hydrogens (tertiary/aromatic N) is 2. The smallest absolute Gasteiger partial charge is 0.326 e. The zero-order chi connectivity index (χ0) is 18.4. The number of amides is 1. The Morgan fingerprint density at radius 1 is 1.35 bits per heavy atom. The number of carboxylic acid groups (broad SMARTS) is 1. The number of nitrogens with one attached hydrogen (secondary N) is 1. The summed E-state index contributed by atoms with van der Waals surface area (Å²) in [7, 11) is 0. The summed E-state index contributed by atoms with van der Waals surface area (Å²) in [6.07, 6.45) is 1.64. The predicted octanol–water partition coefficient (Wildman–Crippen LogP) is 3.13. The molecule has 1 amide bonds. The number of thiophene rings is 1. The van der Waals surface area contributed by atoms with Crippen LogP contribution in [0.5, 0.6) is 0 Å². The lowest BCUT2D eigenvalue weighted by atomic mass is 10.2. The van der Waals surface area contributed by atoms with Gasteiger partial charge in [-0.15, -0.1) is 11.3 Å². The third-order valence-corrected chi connectivity index (χ3v) is 5.60. The molecule has 1 aromatic carbocycles. The highest BCUT2D eigenvalue weighted by atomic mass is 32.1. The maximum absolute atomic E-state index is 13.2. The fourth-order valence-corrected chi connectivity index (χ4v) is 4.03. The van der Waals surface area contributed by atoms with Gasteiger partial charge in [0, 0.05) is 5.39 Å². The first-order valence-corrected chi connectivity index (χ1v) is 9.04. The Labute approximate surface area is 152 Å². The Balaban J connectivity index is 1.67. The van der Waals surface area contributed by atoms with E-state index in [-0.39, 0.29) is 11.7 Å². The van der Waals surface area contributed by atoms with Crippen LogP contribution in [0.25, 0.3) is 15.9 Å². The molecule has 0 bridgehead atoms. The van der Waals surface area contributed by atoms with Crippen LogP contribution >= 0.6 is 11.3 Å². The third-order valence-electron chi connectivity index (χ3n) is 4.49. The molecule has 0 saturated heterocycles. The molecule has 2 N–H and O–H groups in total. The first kappa shape index (κ1) is 16.7. The van der Waals surface area contributed by atoms with Crippen LogP contribution in [0, 0.1) is 18.7 Å². The van der Waals surface area contributed by atoms with E-state index < -0.39 is 17.9 Å². The van der Waals surface area contributed by atoms with Gasteiger partial charge in [0.05, 0.1) is 16.3 Å². The predicted molar refractivity (Wildman–Crippen MR) is 95.3 cm³/mol. The van der Waals surface area contributed by atoms with Gasteiger partial charge >= 0.3 is 5.97 Å². The molecule has 2 heterocycles. The van der Waals surface area contributed by atoms with E-state index in [0.29, 0.717) is 10.6 Å². The lowest BCUT2D eigenvalue weighted by Gasteiger charge is -2.12. The van der Waals surface area contributed by atoms with Crippen molar-refractivity contribution in [3.8, 4) is 5.69 Å². The number of hydrogen-bond acceptors (Lipinski definition) is 4. The maximum Gasteiger partial charge on any atom is 0.326 e. The second-order valence-corrected chi connectivity index (χ2v) is 7.46. The van der Waals surface area contributed by atoms with Gasteiger partial charge < -0.3 is 10.4 Å². The summed E-state index contributed by atoms with van der Waals surface area (Å²) in [5, 5.41) is 17.2. The number of benzene rings is 1. The fraction of sp³-hybridized carbons (Fsp3) is 0.278. The minimum atomic E-state index is -1.00. The van der Waals surface area contributed by atoms with Gasteiger partial charge in [0.2, 0.25) is 0 Å². The number of fused-ring (bicyclic) bond motifs is 1. The van der Waals surface area contributed by atoms with Crippen molar-refractivity contribution in [2.24, 2.45) is 5.92 Å². The maximum atomic E-state index is 13.2. The number of aromatic nitrogens is 2. The van der Waals surface area contributed by atoms with Gasteiger partial charge in [-0.3, -0.25) is 4.79 Å². The molecule has 1 fully saturated rings. The van der Waals surface area contributed by atoms with Crippen LogP contribution in [0.1, 0.15) is 28.2 Å². The highest BCUT2D eigenvalue weighted by Gasteiger charge is 2.37. The van der Waals surface area contributed by atoms with E-state index in [4.69, 9.17) is 0 Å². The summed E-state index contributed by atoms with van der Waals surface area (Å²) >= 11 is 1.24. The second kappa shape index (κ2) is 6.21. The lowest BCUT2D eigenvalue weighted by molar-refractivity contribution is -0.139. The zero-order valence-corrected chi connectivity index (χ0v) is 14.7. The topological polar surface area (TPSA) is 84.2 Å². The zero-order valence-electron chi connectivity index (χ0n) is 13.9. The highest BCUT2D eigenvalue weighted by molar-refractivity contribution is 7.20. The normalized spacial score (nSPS) is 15.2. The van der Waals surface area contributed by atoms with Crippen LogP contribution in [-0.4, -0.2) is 32.8 Å². The highest BCUT2D eigenvalue weighted by Crippen LogP contribution is 2.34. The summed E-state index contributed by atoms with van der Waals surface area (Å²) in [6, 6.07) is 6.83. The fourth-order valence-electron chi connectivity index (χ4n) is 2.94. The molecular formula is C18H16FN3O3S. The van der Waals surface area contributed by atoms with Crippen molar-refractivity contribution in [2.45, 2.75) is 25.8 Å². The molecule has 8 heteroatoms. The summed E-state index contributed by atoms with van der Waals surface area (Å²) in [6.45, 7) is 1.83. The SMILES string of the molecule is Cc1nn(-c2ccc(F)cc2)c2sc(C(=O)NC(C(=O)O)C3CC3)cc12. The summed E-state index contributed by atoms with van der Waals surface area (Å²) < 4.78 is 14.8. The minimum absolute atomic E-state index is 0.0160. The van der Waals surface area contributed by atoms with Crippen molar-refractivity contribution in [2.75, 3.05) is 0 Å². The summed E-state index contributed by atoms with van der Waals surface area (Å²) in [4.78, 5) is 25.0. The summed E-state index contributed by atoms with van der Waals surface area (Å²) in [5.41, 5.74) is 1.44. The molecule has 1 saturated carbocycles. The minimum Gasteiger partial charge on any atom is -0.480 e. The number of carbonyl (C=O) groups excluding carboxylic acids is 1. The largest absolute Gasteiger partial charge is 0.480 e. The molecule has 26 heavy (non-hydrogen) atoms. The number of rotatable bonds is 5.